The Morgan fingerprint density at radius 1 is 1.09 bits per heavy atom. The minimum Gasteiger partial charge on any atom is -0.497 e. The summed E-state index contributed by atoms with van der Waals surface area (Å²) in [5.41, 5.74) is 1.35. The third-order valence-corrected chi connectivity index (χ3v) is 8.23. The number of benzene rings is 2. The molecule has 0 aliphatic carbocycles. The number of hydrogen-bond donors (Lipinski definition) is 1. The van der Waals surface area contributed by atoms with Gasteiger partial charge in [0, 0.05) is 19.2 Å². The van der Waals surface area contributed by atoms with Crippen molar-refractivity contribution in [2.75, 3.05) is 32.6 Å². The Labute approximate surface area is 196 Å². The molecule has 33 heavy (non-hydrogen) atoms. The van der Waals surface area contributed by atoms with Crippen LogP contribution in [0.2, 0.25) is 0 Å². The van der Waals surface area contributed by atoms with Crippen molar-refractivity contribution in [2.45, 2.75) is 24.2 Å². The largest absolute Gasteiger partial charge is 0.497 e. The average Bonchev–Trinajstić information content (AvgIpc) is 3.24. The monoisotopic (exact) mass is 487 g/mol. The third-order valence-electron chi connectivity index (χ3n) is 5.37. The summed E-state index contributed by atoms with van der Waals surface area (Å²) in [7, 11) is -0.639. The first kappa shape index (κ1) is 23.2. The Bertz CT molecular complexity index is 1290. The van der Waals surface area contributed by atoms with Gasteiger partial charge in [0.2, 0.25) is 15.9 Å². The summed E-state index contributed by atoms with van der Waals surface area (Å²) in [5, 5.41) is 3.22. The van der Waals surface area contributed by atoms with E-state index in [4.69, 9.17) is 9.47 Å². The van der Waals surface area contributed by atoms with Crippen molar-refractivity contribution in [1.82, 2.24) is 9.29 Å². The molecular formula is C23H25N3O5S2. The van der Waals surface area contributed by atoms with Crippen LogP contribution in [0.25, 0.3) is 16.3 Å². The average molecular weight is 488 g/mol. The maximum atomic E-state index is 13.2. The fourth-order valence-corrected chi connectivity index (χ4v) is 6.25. The fourth-order valence-electron chi connectivity index (χ4n) is 3.65. The smallest absolute Gasteiger partial charge is 0.250 e. The van der Waals surface area contributed by atoms with Gasteiger partial charge in [-0.25, -0.2) is 13.4 Å². The van der Waals surface area contributed by atoms with Gasteiger partial charge in [-0.3, -0.25) is 10.1 Å². The molecule has 1 aromatic heterocycles. The first-order valence-corrected chi connectivity index (χ1v) is 12.8. The summed E-state index contributed by atoms with van der Waals surface area (Å²) in [4.78, 5) is 16.9. The number of amides is 1. The molecule has 2 heterocycles. The second kappa shape index (κ2) is 9.90. The number of thiazole rings is 1. The molecule has 0 bridgehead atoms. The quantitative estimate of drug-likeness (QED) is 0.503. The highest BCUT2D eigenvalue weighted by Crippen LogP contribution is 2.31. The molecule has 10 heteroatoms. The van der Waals surface area contributed by atoms with Crippen LogP contribution in [0.1, 0.15) is 24.8 Å². The van der Waals surface area contributed by atoms with Crippen LogP contribution < -0.4 is 14.8 Å². The Morgan fingerprint density at radius 3 is 2.61 bits per heavy atom. The number of sulfonamides is 1. The highest BCUT2D eigenvalue weighted by Gasteiger charge is 2.29. The lowest BCUT2D eigenvalue weighted by atomic mass is 10.2. The van der Waals surface area contributed by atoms with E-state index in [0.717, 1.165) is 35.2 Å². The highest BCUT2D eigenvalue weighted by atomic mass is 32.2. The van der Waals surface area contributed by atoms with E-state index in [1.54, 1.807) is 25.3 Å². The summed E-state index contributed by atoms with van der Waals surface area (Å²) in [6.07, 6.45) is 5.65. The minimum absolute atomic E-state index is 0.106. The van der Waals surface area contributed by atoms with Crippen molar-refractivity contribution in [3.63, 3.8) is 0 Å². The van der Waals surface area contributed by atoms with Gasteiger partial charge in [0.1, 0.15) is 16.4 Å². The number of aromatic nitrogens is 1. The molecule has 0 atom stereocenters. The van der Waals surface area contributed by atoms with Crippen molar-refractivity contribution in [2.24, 2.45) is 0 Å². The summed E-state index contributed by atoms with van der Waals surface area (Å²) in [6, 6.07) is 10.4. The summed E-state index contributed by atoms with van der Waals surface area (Å²) in [5.74, 6) is 0.642. The van der Waals surface area contributed by atoms with E-state index in [1.165, 1.54) is 34.9 Å². The van der Waals surface area contributed by atoms with E-state index < -0.39 is 10.0 Å². The van der Waals surface area contributed by atoms with Crippen molar-refractivity contribution < 1.29 is 22.7 Å². The van der Waals surface area contributed by atoms with Crippen molar-refractivity contribution in [3.8, 4) is 11.5 Å². The molecule has 0 spiro atoms. The van der Waals surface area contributed by atoms with Gasteiger partial charge in [0.05, 0.1) is 24.4 Å². The SMILES string of the molecule is COc1ccc2nc(NC(=O)/C=C/c3ccc(OC)c(S(=O)(=O)N4CCCCC4)c3)sc2c1. The lowest BCUT2D eigenvalue weighted by molar-refractivity contribution is -0.111. The first-order valence-electron chi connectivity index (χ1n) is 10.5. The van der Waals surface area contributed by atoms with Crippen LogP contribution in [0.3, 0.4) is 0 Å². The number of nitrogens with zero attached hydrogens (tertiary/aromatic N) is 2. The number of piperidine rings is 1. The molecule has 1 fully saturated rings. The molecule has 0 unspecified atom stereocenters. The molecule has 1 amide bonds. The molecule has 1 aliphatic rings. The Hall–Kier alpha value is -2.95. The van der Waals surface area contributed by atoms with Gasteiger partial charge in [0.25, 0.3) is 0 Å². The molecule has 174 valence electrons. The number of hydrogen-bond acceptors (Lipinski definition) is 7. The maximum absolute atomic E-state index is 13.2. The molecule has 0 radical (unpaired) electrons. The standard InChI is InChI=1S/C23H25N3O5S2/c1-30-17-8-9-18-20(15-17)32-23(24-18)25-22(27)11-7-16-6-10-19(31-2)21(14-16)33(28,29)26-12-4-3-5-13-26/h6-11,14-15H,3-5,12-13H2,1-2H3,(H,24,25,27)/b11-7+. The molecule has 1 N–H and O–H groups in total. The summed E-state index contributed by atoms with van der Waals surface area (Å²) < 4.78 is 39.2. The zero-order chi connectivity index (χ0) is 23.4. The predicted octanol–water partition coefficient (Wildman–Crippen LogP) is 4.14. The van der Waals surface area contributed by atoms with Crippen LogP contribution in [0, 0.1) is 0 Å². The van der Waals surface area contributed by atoms with Crippen LogP contribution in [-0.2, 0) is 14.8 Å². The molecule has 3 aromatic rings. The predicted molar refractivity (Wildman–Crippen MR) is 129 cm³/mol. The zero-order valence-electron chi connectivity index (χ0n) is 18.4. The van der Waals surface area contributed by atoms with E-state index in [-0.39, 0.29) is 16.6 Å². The number of nitrogens with one attached hydrogen (secondary N) is 1. The fraction of sp³-hybridized carbons (Fsp3) is 0.304. The molecule has 4 rings (SSSR count). The molecule has 0 saturated carbocycles. The van der Waals surface area contributed by atoms with Gasteiger partial charge in [-0.2, -0.15) is 4.31 Å². The third kappa shape index (κ3) is 5.18. The topological polar surface area (TPSA) is 97.8 Å². The van der Waals surface area contributed by atoms with Crippen LogP contribution >= 0.6 is 11.3 Å². The Morgan fingerprint density at radius 2 is 1.88 bits per heavy atom. The molecule has 1 aliphatic heterocycles. The Balaban J connectivity index is 1.52. The van der Waals surface area contributed by atoms with Gasteiger partial charge >= 0.3 is 0 Å². The van der Waals surface area contributed by atoms with Gasteiger partial charge in [-0.05, 0) is 54.8 Å². The number of anilines is 1. The number of fused-ring (bicyclic) bond motifs is 1. The first-order chi connectivity index (χ1) is 15.9. The summed E-state index contributed by atoms with van der Waals surface area (Å²) >= 11 is 1.35. The van der Waals surface area contributed by atoms with E-state index in [2.05, 4.69) is 10.3 Å². The van der Waals surface area contributed by atoms with Gasteiger partial charge in [-0.15, -0.1) is 0 Å². The van der Waals surface area contributed by atoms with Crippen LogP contribution in [0.5, 0.6) is 11.5 Å². The van der Waals surface area contributed by atoms with Crippen LogP contribution in [0.4, 0.5) is 5.13 Å². The number of methoxy groups -OCH3 is 2. The minimum atomic E-state index is -3.68. The number of rotatable bonds is 7. The zero-order valence-corrected chi connectivity index (χ0v) is 20.0. The van der Waals surface area contributed by atoms with Gasteiger partial charge < -0.3 is 9.47 Å². The van der Waals surface area contributed by atoms with Crippen LogP contribution in [-0.4, -0.2) is 50.9 Å². The van der Waals surface area contributed by atoms with E-state index in [9.17, 15) is 13.2 Å². The normalized spacial score (nSPS) is 15.1. The number of carbonyl (C=O) groups is 1. The molecule has 1 saturated heterocycles. The number of carbonyl (C=O) groups excluding carboxylic acids is 1. The lowest BCUT2D eigenvalue weighted by Gasteiger charge is -2.26. The van der Waals surface area contributed by atoms with E-state index in [0.29, 0.717) is 23.8 Å². The second-order valence-electron chi connectivity index (χ2n) is 7.55. The molecule has 8 nitrogen and oxygen atoms in total. The van der Waals surface area contributed by atoms with Crippen molar-refractivity contribution in [1.29, 1.82) is 0 Å². The highest BCUT2D eigenvalue weighted by molar-refractivity contribution is 7.89. The second-order valence-corrected chi connectivity index (χ2v) is 10.5. The van der Waals surface area contributed by atoms with Crippen molar-refractivity contribution in [3.05, 3.63) is 48.0 Å². The van der Waals surface area contributed by atoms with E-state index in [1.807, 2.05) is 18.2 Å². The van der Waals surface area contributed by atoms with Crippen LogP contribution in [0.15, 0.2) is 47.4 Å². The van der Waals surface area contributed by atoms with Gasteiger partial charge in [0.15, 0.2) is 5.13 Å². The molecular weight excluding hydrogens is 462 g/mol. The maximum Gasteiger partial charge on any atom is 0.250 e. The van der Waals surface area contributed by atoms with E-state index >= 15 is 0 Å². The van der Waals surface area contributed by atoms with Crippen molar-refractivity contribution >= 4 is 48.7 Å². The van der Waals surface area contributed by atoms with Gasteiger partial charge in [-0.1, -0.05) is 23.8 Å². The Kier molecular flexibility index (Phi) is 6.96. The lowest BCUT2D eigenvalue weighted by Crippen LogP contribution is -2.35. The summed E-state index contributed by atoms with van der Waals surface area (Å²) in [6.45, 7) is 1.00. The molecule has 2 aromatic carbocycles. The number of ether oxygens (including phenoxy) is 2.